The van der Waals surface area contributed by atoms with Crippen molar-refractivity contribution < 1.29 is 14.2 Å². The number of rotatable bonds is 12. The zero-order chi connectivity index (χ0) is 42.1. The quantitative estimate of drug-likeness (QED) is 0.159. The molecular weight excluding hydrogens is 679 g/mol. The molecule has 0 aliphatic heterocycles. The van der Waals surface area contributed by atoms with Gasteiger partial charge < -0.3 is 31.4 Å². The van der Waals surface area contributed by atoms with Gasteiger partial charge in [0.2, 0.25) is 0 Å². The Morgan fingerprint density at radius 1 is 0.364 bits per heavy atom. The van der Waals surface area contributed by atoms with Gasteiger partial charge in [0.15, 0.2) is 0 Å². The van der Waals surface area contributed by atoms with Crippen LogP contribution in [-0.2, 0) is 32.5 Å². The average Bonchev–Trinajstić information content (AvgIpc) is 3.02. The zero-order valence-corrected chi connectivity index (χ0v) is 38.2. The van der Waals surface area contributed by atoms with E-state index in [1.165, 1.54) is 16.7 Å². The third-order valence-electron chi connectivity index (χ3n) is 10.4. The molecule has 0 spiro atoms. The van der Waals surface area contributed by atoms with E-state index >= 15 is 0 Å². The molecule has 0 aliphatic rings. The topological polar surface area (TPSA) is 106 Å². The molecule has 55 heavy (non-hydrogen) atoms. The highest BCUT2D eigenvalue weighted by Crippen LogP contribution is 2.53. The molecule has 0 aromatic heterocycles. The smallest absolute Gasteiger partial charge is 0.127 e. The van der Waals surface area contributed by atoms with Crippen LogP contribution in [0.3, 0.4) is 0 Å². The summed E-state index contributed by atoms with van der Waals surface area (Å²) in [5.41, 5.74) is 27.8. The molecule has 6 heteroatoms. The summed E-state index contributed by atoms with van der Waals surface area (Å²) in [6.07, 6.45) is 0. The van der Waals surface area contributed by atoms with E-state index in [9.17, 15) is 0 Å². The lowest BCUT2D eigenvalue weighted by atomic mass is 9.70. The van der Waals surface area contributed by atoms with Crippen LogP contribution in [0.25, 0.3) is 0 Å². The van der Waals surface area contributed by atoms with Crippen molar-refractivity contribution in [3.05, 3.63) is 86.5 Å². The Hall–Kier alpha value is -3.06. The summed E-state index contributed by atoms with van der Waals surface area (Å²) in [4.78, 5) is 0. The number of ether oxygens (including phenoxy) is 3. The van der Waals surface area contributed by atoms with Gasteiger partial charge in [0.1, 0.15) is 37.1 Å². The van der Waals surface area contributed by atoms with E-state index in [2.05, 4.69) is 161 Å². The first-order valence-electron chi connectivity index (χ1n) is 20.5. The van der Waals surface area contributed by atoms with Crippen molar-refractivity contribution >= 4 is 0 Å². The Morgan fingerprint density at radius 3 is 0.745 bits per heavy atom. The number of hydrogen-bond acceptors (Lipinski definition) is 6. The van der Waals surface area contributed by atoms with Crippen molar-refractivity contribution in [1.82, 2.24) is 0 Å². The standard InChI is InChI=1S/C49H79N3O3/c1-44(2,3)31-25-34(41(53-22-19-50)37(28-31)47(10,11)12)40(35-26-32(45(4,5)6)29-38(48(13,14)15)42(35)54-23-20-51)36-27-33(46(7,8)9)30-39(49(16,17)18)43(36)55-24-21-52/h25-30,40H,19-24,50-52H2,1-18H3. The number of nitrogens with two attached hydrogens (primary N) is 3. The summed E-state index contributed by atoms with van der Waals surface area (Å²) >= 11 is 0. The van der Waals surface area contributed by atoms with Gasteiger partial charge in [-0.3, -0.25) is 0 Å². The molecule has 0 bridgehead atoms. The molecule has 6 N–H and O–H groups in total. The predicted octanol–water partition coefficient (Wildman–Crippen LogP) is 10.7. The van der Waals surface area contributed by atoms with Crippen molar-refractivity contribution in [2.75, 3.05) is 39.5 Å². The molecule has 308 valence electrons. The van der Waals surface area contributed by atoms with E-state index in [0.717, 1.165) is 50.6 Å². The lowest BCUT2D eigenvalue weighted by Crippen LogP contribution is -2.26. The second-order valence-electron chi connectivity index (χ2n) is 21.7. The van der Waals surface area contributed by atoms with E-state index in [4.69, 9.17) is 31.4 Å². The summed E-state index contributed by atoms with van der Waals surface area (Å²) in [5.74, 6) is 2.22. The maximum atomic E-state index is 6.92. The second kappa shape index (κ2) is 16.8. The first-order chi connectivity index (χ1) is 25.0. The Morgan fingerprint density at radius 2 is 0.582 bits per heavy atom. The molecule has 3 aromatic rings. The maximum Gasteiger partial charge on any atom is 0.127 e. The van der Waals surface area contributed by atoms with Crippen LogP contribution in [0.1, 0.15) is 181 Å². The van der Waals surface area contributed by atoms with Crippen molar-refractivity contribution in [2.45, 2.75) is 163 Å². The first kappa shape index (κ1) is 46.3. The van der Waals surface area contributed by atoms with Gasteiger partial charge in [0, 0.05) is 58.9 Å². The average molecular weight is 758 g/mol. The fourth-order valence-electron chi connectivity index (χ4n) is 7.04. The largest absolute Gasteiger partial charge is 0.492 e. The first-order valence-corrected chi connectivity index (χ1v) is 20.5. The van der Waals surface area contributed by atoms with Crippen molar-refractivity contribution in [3.63, 3.8) is 0 Å². The molecule has 0 saturated heterocycles. The fraction of sp³-hybridized carbons (Fsp3) is 0.633. The molecule has 0 heterocycles. The summed E-state index contributed by atoms with van der Waals surface area (Å²) in [5, 5.41) is 0. The minimum atomic E-state index is -0.372. The lowest BCUT2D eigenvalue weighted by molar-refractivity contribution is 0.305. The highest BCUT2D eigenvalue weighted by molar-refractivity contribution is 5.65. The molecule has 0 atom stereocenters. The SMILES string of the molecule is CC(C)(C)c1cc(C(c2cc(C(C)(C)C)cc(C(C)(C)C)c2OCCN)c2cc(C(C)(C)C)cc(C(C)(C)C)c2OCCN)c(OCCN)c(C(C)(C)C)c1. The Labute approximate surface area is 336 Å². The third kappa shape index (κ3) is 11.1. The summed E-state index contributed by atoms with van der Waals surface area (Å²) < 4.78 is 20.8. The highest BCUT2D eigenvalue weighted by Gasteiger charge is 2.38. The van der Waals surface area contributed by atoms with Gasteiger partial charge >= 0.3 is 0 Å². The van der Waals surface area contributed by atoms with Crippen LogP contribution in [0.4, 0.5) is 0 Å². The van der Waals surface area contributed by atoms with E-state index in [-0.39, 0.29) is 38.4 Å². The van der Waals surface area contributed by atoms with Gasteiger partial charge in [-0.1, -0.05) is 161 Å². The Balaban J connectivity index is 2.96. The van der Waals surface area contributed by atoms with E-state index in [1.807, 2.05) is 0 Å². The van der Waals surface area contributed by atoms with Crippen molar-refractivity contribution in [1.29, 1.82) is 0 Å². The van der Waals surface area contributed by atoms with Crippen LogP contribution < -0.4 is 31.4 Å². The maximum absolute atomic E-state index is 6.92. The summed E-state index contributed by atoms with van der Waals surface area (Å²) in [7, 11) is 0. The van der Waals surface area contributed by atoms with Crippen LogP contribution >= 0.6 is 0 Å². The van der Waals surface area contributed by atoms with E-state index < -0.39 is 0 Å². The van der Waals surface area contributed by atoms with E-state index in [1.54, 1.807) is 0 Å². The molecule has 0 fully saturated rings. The number of hydrogen-bond donors (Lipinski definition) is 3. The van der Waals surface area contributed by atoms with Gasteiger partial charge in [0.25, 0.3) is 0 Å². The number of benzene rings is 3. The van der Waals surface area contributed by atoms with Crippen LogP contribution in [0.15, 0.2) is 36.4 Å². The predicted molar refractivity (Wildman–Crippen MR) is 236 cm³/mol. The van der Waals surface area contributed by atoms with Crippen LogP contribution in [0.2, 0.25) is 0 Å². The minimum absolute atomic E-state index is 0.156. The van der Waals surface area contributed by atoms with Crippen molar-refractivity contribution in [2.24, 2.45) is 17.2 Å². The van der Waals surface area contributed by atoms with Gasteiger partial charge in [-0.2, -0.15) is 0 Å². The molecule has 3 rings (SSSR count). The zero-order valence-electron chi connectivity index (χ0n) is 38.2. The monoisotopic (exact) mass is 758 g/mol. The van der Waals surface area contributed by atoms with Crippen LogP contribution in [-0.4, -0.2) is 39.5 Å². The van der Waals surface area contributed by atoms with Crippen LogP contribution in [0.5, 0.6) is 17.2 Å². The Kier molecular flexibility index (Phi) is 14.2. The molecule has 6 nitrogen and oxygen atoms in total. The van der Waals surface area contributed by atoms with Crippen molar-refractivity contribution in [3.8, 4) is 17.2 Å². The van der Waals surface area contributed by atoms with Crippen LogP contribution in [0, 0.1) is 0 Å². The molecule has 3 aromatic carbocycles. The summed E-state index contributed by atoms with van der Waals surface area (Å²) in [6.45, 7) is 43.3. The fourth-order valence-corrected chi connectivity index (χ4v) is 7.04. The minimum Gasteiger partial charge on any atom is -0.492 e. The molecule has 0 unspecified atom stereocenters. The Bertz CT molecular complexity index is 1560. The molecule has 0 saturated carbocycles. The molecule has 0 aliphatic carbocycles. The highest BCUT2D eigenvalue weighted by atomic mass is 16.5. The molecule has 0 radical (unpaired) electrons. The summed E-state index contributed by atoms with van der Waals surface area (Å²) in [6, 6.07) is 14.2. The third-order valence-corrected chi connectivity index (χ3v) is 10.4. The normalized spacial score (nSPS) is 13.4. The molecule has 0 amide bonds. The van der Waals surface area contributed by atoms with Gasteiger partial charge in [-0.05, 0) is 49.2 Å². The second-order valence-corrected chi connectivity index (χ2v) is 21.7. The van der Waals surface area contributed by atoms with Gasteiger partial charge in [-0.15, -0.1) is 0 Å². The lowest BCUT2D eigenvalue weighted by Gasteiger charge is -2.36. The van der Waals surface area contributed by atoms with E-state index in [0.29, 0.717) is 39.5 Å². The molecular formula is C49H79N3O3. The van der Waals surface area contributed by atoms with Gasteiger partial charge in [0.05, 0.1) is 0 Å². The van der Waals surface area contributed by atoms with Gasteiger partial charge in [-0.25, -0.2) is 0 Å².